The predicted molar refractivity (Wildman–Crippen MR) is 206 cm³/mol. The summed E-state index contributed by atoms with van der Waals surface area (Å²) in [6.07, 6.45) is -0.323. The molecule has 4 aliphatic rings. The standard InChI is InChI=1S/C42H55NO8S2/c1-24(28-15-10-9-11-16-28)35(51-33(45)18-14-20-52-53-32-17-12-13-19-43-32)38(47)50-29-22-42(48)27(4)36-40(7)23-49-31(40)21-30(44)41(36,8)37(46)26(3)34(25(29)2)39(42,5)6/h9-13,15-17,19,24,26-27,29-31,35-36,44,48H,14,18,20-23H2,1-8H3/t24-,26+,27-,29-,30-,31+,35+,36+,40+,41+,42+/m0/s1. The van der Waals surface area contributed by atoms with Crippen molar-refractivity contribution in [3.8, 4) is 0 Å². The van der Waals surface area contributed by atoms with E-state index in [1.165, 1.54) is 0 Å². The predicted octanol–water partition coefficient (Wildman–Crippen LogP) is 7.35. The summed E-state index contributed by atoms with van der Waals surface area (Å²) in [7, 11) is 3.15. The van der Waals surface area contributed by atoms with Gasteiger partial charge in [0.1, 0.15) is 16.9 Å². The molecule has 9 nitrogen and oxygen atoms in total. The van der Waals surface area contributed by atoms with Gasteiger partial charge in [0.15, 0.2) is 0 Å². The Morgan fingerprint density at radius 2 is 1.77 bits per heavy atom. The fraction of sp³-hybridized carbons (Fsp3) is 0.619. The van der Waals surface area contributed by atoms with Gasteiger partial charge in [0.05, 0.1) is 29.8 Å². The molecule has 288 valence electrons. The second-order valence-corrected chi connectivity index (χ2v) is 19.2. The molecule has 11 heteroatoms. The zero-order valence-corrected chi connectivity index (χ0v) is 33.8. The first-order valence-electron chi connectivity index (χ1n) is 18.9. The van der Waals surface area contributed by atoms with Gasteiger partial charge in [-0.3, -0.25) is 9.59 Å². The van der Waals surface area contributed by atoms with Gasteiger partial charge in [-0.2, -0.15) is 0 Å². The lowest BCUT2D eigenvalue weighted by Gasteiger charge is -2.68. The zero-order chi connectivity index (χ0) is 38.5. The molecule has 1 saturated heterocycles. The topological polar surface area (TPSA) is 132 Å². The highest BCUT2D eigenvalue weighted by Crippen LogP contribution is 2.67. The van der Waals surface area contributed by atoms with E-state index >= 15 is 0 Å². The number of benzene rings is 1. The monoisotopic (exact) mass is 765 g/mol. The summed E-state index contributed by atoms with van der Waals surface area (Å²) in [6, 6.07) is 15.2. The molecular formula is C42H55NO8S2. The second-order valence-electron chi connectivity index (χ2n) is 16.8. The van der Waals surface area contributed by atoms with Gasteiger partial charge in [0.2, 0.25) is 6.10 Å². The number of nitrogens with zero attached hydrogens (tertiary/aromatic N) is 1. The average molecular weight is 766 g/mol. The number of ketones is 1. The van der Waals surface area contributed by atoms with Crippen LogP contribution in [-0.2, 0) is 28.6 Å². The lowest BCUT2D eigenvalue weighted by Crippen LogP contribution is -2.74. The summed E-state index contributed by atoms with van der Waals surface area (Å²) in [5, 5.41) is 25.6. The molecule has 2 aromatic rings. The van der Waals surface area contributed by atoms with E-state index in [-0.39, 0.29) is 30.6 Å². The highest BCUT2D eigenvalue weighted by Gasteiger charge is 2.72. The number of hydrogen-bond donors (Lipinski definition) is 2. The number of aromatic nitrogens is 1. The van der Waals surface area contributed by atoms with Crippen LogP contribution in [0.25, 0.3) is 0 Å². The van der Waals surface area contributed by atoms with Crippen molar-refractivity contribution in [3.05, 3.63) is 71.4 Å². The quantitative estimate of drug-likeness (QED) is 0.103. The SMILES string of the molecule is CC1=C2[C@@H](C)C(=O)[C@@]3(C)[C@H]([C@H](C)[C@](O)(C[C@@H]1OC(=O)[C@H](OC(=O)CCCSSc1ccccn1)[C@@H](C)c1ccccc1)C2(C)C)[C@]1(C)CO[C@@H]1C[C@@H]3O. The summed E-state index contributed by atoms with van der Waals surface area (Å²) in [5.74, 6) is -2.58. The van der Waals surface area contributed by atoms with Crippen LogP contribution in [0.15, 0.2) is 70.9 Å². The van der Waals surface area contributed by atoms with Crippen molar-refractivity contribution in [2.75, 3.05) is 12.4 Å². The zero-order valence-electron chi connectivity index (χ0n) is 32.2. The molecule has 2 bridgehead atoms. The number of esters is 2. The van der Waals surface area contributed by atoms with E-state index in [0.29, 0.717) is 30.8 Å². The highest BCUT2D eigenvalue weighted by atomic mass is 33.1. The first-order valence-corrected chi connectivity index (χ1v) is 21.2. The van der Waals surface area contributed by atoms with Gasteiger partial charge >= 0.3 is 11.9 Å². The molecule has 2 N–H and O–H groups in total. The van der Waals surface area contributed by atoms with Crippen molar-refractivity contribution in [2.24, 2.45) is 34.0 Å². The van der Waals surface area contributed by atoms with Crippen LogP contribution in [0.3, 0.4) is 0 Å². The Kier molecular flexibility index (Phi) is 11.4. The van der Waals surface area contributed by atoms with Gasteiger partial charge in [-0.15, -0.1) is 0 Å². The van der Waals surface area contributed by atoms with Crippen molar-refractivity contribution in [1.82, 2.24) is 4.98 Å². The fourth-order valence-corrected chi connectivity index (χ4v) is 12.5. The number of pyridine rings is 1. The van der Waals surface area contributed by atoms with E-state index in [9.17, 15) is 24.6 Å². The molecule has 3 fully saturated rings. The van der Waals surface area contributed by atoms with Crippen molar-refractivity contribution in [2.45, 2.75) is 122 Å². The summed E-state index contributed by atoms with van der Waals surface area (Å²) in [6.45, 7) is 16.0. The van der Waals surface area contributed by atoms with E-state index in [4.69, 9.17) is 14.2 Å². The van der Waals surface area contributed by atoms with Crippen molar-refractivity contribution in [3.63, 3.8) is 0 Å². The number of Topliss-reactive ketones (excluding diaryl/α,β-unsaturated/α-hetero) is 1. The van der Waals surface area contributed by atoms with Crippen LogP contribution in [0.1, 0.15) is 92.6 Å². The van der Waals surface area contributed by atoms with Gasteiger partial charge in [-0.1, -0.05) is 88.7 Å². The van der Waals surface area contributed by atoms with Crippen LogP contribution < -0.4 is 0 Å². The Balaban J connectivity index is 1.27. The molecule has 1 aromatic carbocycles. The van der Waals surface area contributed by atoms with Crippen LogP contribution in [0.2, 0.25) is 0 Å². The van der Waals surface area contributed by atoms with E-state index in [1.807, 2.05) is 97.0 Å². The minimum absolute atomic E-state index is 0.0639. The molecule has 2 saturated carbocycles. The molecule has 11 atom stereocenters. The molecule has 3 aliphatic carbocycles. The van der Waals surface area contributed by atoms with Crippen LogP contribution in [0, 0.1) is 34.0 Å². The maximum Gasteiger partial charge on any atom is 0.348 e. The Morgan fingerprint density at radius 3 is 2.42 bits per heavy atom. The molecule has 2 heterocycles. The summed E-state index contributed by atoms with van der Waals surface area (Å²) >= 11 is 0. The number of hydrogen-bond acceptors (Lipinski definition) is 11. The first-order chi connectivity index (χ1) is 25.0. The number of carbonyl (C=O) groups excluding carboxylic acids is 3. The first kappa shape index (κ1) is 40.0. The van der Waals surface area contributed by atoms with Crippen LogP contribution in [-0.4, -0.2) is 75.3 Å². The van der Waals surface area contributed by atoms with Gasteiger partial charge in [-0.05, 0) is 71.7 Å². The van der Waals surface area contributed by atoms with E-state index in [1.54, 1.807) is 27.8 Å². The molecule has 53 heavy (non-hydrogen) atoms. The van der Waals surface area contributed by atoms with Gasteiger partial charge < -0.3 is 24.4 Å². The van der Waals surface area contributed by atoms with Gasteiger partial charge in [0, 0.05) is 53.9 Å². The lowest BCUT2D eigenvalue weighted by atomic mass is 9.40. The van der Waals surface area contributed by atoms with Gasteiger partial charge in [0.25, 0.3) is 0 Å². The summed E-state index contributed by atoms with van der Waals surface area (Å²) in [4.78, 5) is 46.7. The number of aliphatic hydroxyl groups is 2. The van der Waals surface area contributed by atoms with E-state index in [0.717, 1.165) is 16.2 Å². The van der Waals surface area contributed by atoms with Crippen molar-refractivity contribution in [1.29, 1.82) is 0 Å². The molecule has 6 rings (SSSR count). The molecular weight excluding hydrogens is 711 g/mol. The molecule has 0 unspecified atom stereocenters. The van der Waals surface area contributed by atoms with Crippen LogP contribution in [0.5, 0.6) is 0 Å². The average Bonchev–Trinajstić information content (AvgIpc) is 3.13. The number of ether oxygens (including phenoxy) is 3. The van der Waals surface area contributed by atoms with E-state index < -0.39 is 69.9 Å². The Bertz CT molecular complexity index is 1720. The lowest BCUT2D eigenvalue weighted by molar-refractivity contribution is -0.301. The minimum Gasteiger partial charge on any atom is -0.455 e. The van der Waals surface area contributed by atoms with Crippen LogP contribution in [0.4, 0.5) is 0 Å². The number of carbonyl (C=O) groups is 3. The second kappa shape index (κ2) is 15.1. The van der Waals surface area contributed by atoms with Crippen LogP contribution >= 0.6 is 21.6 Å². The largest absolute Gasteiger partial charge is 0.455 e. The third-order valence-corrected chi connectivity index (χ3v) is 15.9. The van der Waals surface area contributed by atoms with Crippen molar-refractivity contribution < 1.29 is 38.8 Å². The van der Waals surface area contributed by atoms with Gasteiger partial charge in [-0.25, -0.2) is 9.78 Å². The highest BCUT2D eigenvalue weighted by molar-refractivity contribution is 8.76. The summed E-state index contributed by atoms with van der Waals surface area (Å²) in [5.41, 5.74) is -1.54. The molecule has 1 aromatic heterocycles. The normalized spacial score (nSPS) is 35.8. The molecule has 1 aliphatic heterocycles. The van der Waals surface area contributed by atoms with Crippen molar-refractivity contribution >= 4 is 39.3 Å². The molecule has 0 spiro atoms. The fourth-order valence-electron chi connectivity index (χ4n) is 10.5. The van der Waals surface area contributed by atoms with E-state index in [2.05, 4.69) is 11.9 Å². The number of aliphatic hydroxyl groups excluding tert-OH is 1. The maximum absolute atomic E-state index is 14.8. The third-order valence-electron chi connectivity index (χ3n) is 13.5. The number of fused-ring (bicyclic) bond motifs is 5. The molecule has 0 amide bonds. The number of rotatable bonds is 11. The Morgan fingerprint density at radius 1 is 1.08 bits per heavy atom. The minimum atomic E-state index is -1.42. The summed E-state index contributed by atoms with van der Waals surface area (Å²) < 4.78 is 18.3. The third kappa shape index (κ3) is 6.81. The molecule has 0 radical (unpaired) electrons. The maximum atomic E-state index is 14.8. The Labute approximate surface area is 321 Å². The Hall–Kier alpha value is -2.70. The smallest absolute Gasteiger partial charge is 0.348 e.